The van der Waals surface area contributed by atoms with Crippen LogP contribution >= 0.6 is 27.5 Å². The Labute approximate surface area is 107 Å². The highest BCUT2D eigenvalue weighted by molar-refractivity contribution is 9.09. The fourth-order valence-electron chi connectivity index (χ4n) is 1.38. The van der Waals surface area contributed by atoms with Crippen molar-refractivity contribution in [2.24, 2.45) is 0 Å². The van der Waals surface area contributed by atoms with Crippen LogP contribution in [-0.2, 0) is 12.3 Å². The number of rotatable bonds is 6. The van der Waals surface area contributed by atoms with Gasteiger partial charge in [-0.05, 0) is 30.0 Å². The van der Waals surface area contributed by atoms with Crippen molar-refractivity contribution in [2.45, 2.75) is 25.3 Å². The molecule has 1 aromatic rings. The van der Waals surface area contributed by atoms with E-state index in [0.29, 0.717) is 12.3 Å². The summed E-state index contributed by atoms with van der Waals surface area (Å²) in [6.45, 7) is -2.79. The molecule has 0 heterocycles. The van der Waals surface area contributed by atoms with Crippen LogP contribution in [0.15, 0.2) is 18.2 Å². The van der Waals surface area contributed by atoms with E-state index in [0.717, 1.165) is 22.9 Å². The van der Waals surface area contributed by atoms with Crippen molar-refractivity contribution in [1.29, 1.82) is 0 Å². The molecular formula is C11H12BrClF2O. The Morgan fingerprint density at radius 1 is 1.38 bits per heavy atom. The van der Waals surface area contributed by atoms with Crippen LogP contribution < -0.4 is 4.74 Å². The quantitative estimate of drug-likeness (QED) is 0.709. The topological polar surface area (TPSA) is 9.23 Å². The molecule has 0 saturated heterocycles. The molecule has 0 bridgehead atoms. The normalized spacial score (nSPS) is 10.8. The number of halogens is 4. The summed E-state index contributed by atoms with van der Waals surface area (Å²) in [6, 6.07) is 5.06. The monoisotopic (exact) mass is 312 g/mol. The third-order valence-corrected chi connectivity index (χ3v) is 2.94. The molecule has 0 aromatic heterocycles. The summed E-state index contributed by atoms with van der Waals surface area (Å²) >= 11 is 9.00. The number of aryl methyl sites for hydroxylation is 1. The summed E-state index contributed by atoms with van der Waals surface area (Å²) in [5.74, 6) is 0.612. The summed E-state index contributed by atoms with van der Waals surface area (Å²) in [5.41, 5.74) is 1.69. The SMILES string of the molecule is FC(F)Oc1ccc(CCl)cc1CCCBr. The lowest BCUT2D eigenvalue weighted by Gasteiger charge is -2.11. The molecule has 0 aliphatic heterocycles. The minimum absolute atomic E-state index is 0.241. The van der Waals surface area contributed by atoms with Crippen LogP contribution in [0.1, 0.15) is 17.5 Å². The van der Waals surface area contributed by atoms with Gasteiger partial charge in [-0.15, -0.1) is 11.6 Å². The predicted molar refractivity (Wildman–Crippen MR) is 64.7 cm³/mol. The molecule has 1 nitrogen and oxygen atoms in total. The smallest absolute Gasteiger partial charge is 0.387 e. The van der Waals surface area contributed by atoms with Crippen molar-refractivity contribution in [2.75, 3.05) is 5.33 Å². The lowest BCUT2D eigenvalue weighted by atomic mass is 10.1. The lowest BCUT2D eigenvalue weighted by molar-refractivity contribution is -0.0504. The summed E-state index contributed by atoms with van der Waals surface area (Å²) in [7, 11) is 0. The van der Waals surface area contributed by atoms with Gasteiger partial charge in [0.15, 0.2) is 0 Å². The molecule has 5 heteroatoms. The summed E-state index contributed by atoms with van der Waals surface area (Å²) in [4.78, 5) is 0. The number of alkyl halides is 4. The van der Waals surface area contributed by atoms with Crippen molar-refractivity contribution in [3.05, 3.63) is 29.3 Å². The van der Waals surface area contributed by atoms with E-state index in [1.54, 1.807) is 12.1 Å². The van der Waals surface area contributed by atoms with Gasteiger partial charge < -0.3 is 4.74 Å². The molecule has 0 aliphatic rings. The van der Waals surface area contributed by atoms with Crippen LogP contribution in [0.4, 0.5) is 8.78 Å². The molecule has 0 unspecified atom stereocenters. The molecule has 0 N–H and O–H groups in total. The lowest BCUT2D eigenvalue weighted by Crippen LogP contribution is -2.05. The maximum atomic E-state index is 12.1. The van der Waals surface area contributed by atoms with E-state index in [1.165, 1.54) is 0 Å². The van der Waals surface area contributed by atoms with Gasteiger partial charge in [0, 0.05) is 11.2 Å². The second kappa shape index (κ2) is 7.07. The standard InChI is InChI=1S/C11H12BrClF2O/c12-5-1-2-9-6-8(7-13)3-4-10(9)16-11(14)15/h3-4,6,11H,1-2,5,7H2. The van der Waals surface area contributed by atoms with Crippen LogP contribution in [0.3, 0.4) is 0 Å². The van der Waals surface area contributed by atoms with Gasteiger partial charge in [0.1, 0.15) is 5.75 Å². The first kappa shape index (κ1) is 13.7. The minimum Gasteiger partial charge on any atom is -0.435 e. The molecule has 0 amide bonds. The molecular weight excluding hydrogens is 301 g/mol. The maximum Gasteiger partial charge on any atom is 0.387 e. The Hall–Kier alpha value is -0.350. The van der Waals surface area contributed by atoms with Gasteiger partial charge in [-0.2, -0.15) is 8.78 Å². The van der Waals surface area contributed by atoms with Gasteiger partial charge in [0.05, 0.1) is 0 Å². The van der Waals surface area contributed by atoms with E-state index >= 15 is 0 Å². The van der Waals surface area contributed by atoms with Crippen molar-refractivity contribution in [3.63, 3.8) is 0 Å². The summed E-state index contributed by atoms with van der Waals surface area (Å²) < 4.78 is 28.7. The molecule has 90 valence electrons. The Balaban J connectivity index is 2.87. The predicted octanol–water partition coefficient (Wildman–Crippen LogP) is 4.35. The second-order valence-electron chi connectivity index (χ2n) is 3.25. The van der Waals surface area contributed by atoms with Gasteiger partial charge in [0.2, 0.25) is 0 Å². The van der Waals surface area contributed by atoms with E-state index in [2.05, 4.69) is 20.7 Å². The largest absolute Gasteiger partial charge is 0.435 e. The average molecular weight is 314 g/mol. The first-order chi connectivity index (χ1) is 7.67. The van der Waals surface area contributed by atoms with E-state index in [1.807, 2.05) is 6.07 Å². The Morgan fingerprint density at radius 3 is 2.69 bits per heavy atom. The minimum atomic E-state index is -2.79. The maximum absolute atomic E-state index is 12.1. The zero-order chi connectivity index (χ0) is 12.0. The van der Waals surface area contributed by atoms with Gasteiger partial charge in [-0.25, -0.2) is 0 Å². The number of benzene rings is 1. The van der Waals surface area contributed by atoms with Gasteiger partial charge in [0.25, 0.3) is 0 Å². The van der Waals surface area contributed by atoms with E-state index in [4.69, 9.17) is 11.6 Å². The number of hydrogen-bond donors (Lipinski definition) is 0. The molecule has 0 aliphatic carbocycles. The average Bonchev–Trinajstić information content (AvgIpc) is 2.27. The zero-order valence-electron chi connectivity index (χ0n) is 8.56. The molecule has 0 radical (unpaired) electrons. The number of ether oxygens (including phenoxy) is 1. The second-order valence-corrected chi connectivity index (χ2v) is 4.31. The Morgan fingerprint density at radius 2 is 2.12 bits per heavy atom. The highest BCUT2D eigenvalue weighted by Gasteiger charge is 2.10. The fourth-order valence-corrected chi connectivity index (χ4v) is 1.83. The Bertz CT molecular complexity index is 334. The van der Waals surface area contributed by atoms with Crippen molar-refractivity contribution in [3.8, 4) is 5.75 Å². The van der Waals surface area contributed by atoms with Gasteiger partial charge in [-0.1, -0.05) is 28.1 Å². The van der Waals surface area contributed by atoms with E-state index in [-0.39, 0.29) is 5.75 Å². The van der Waals surface area contributed by atoms with Crippen molar-refractivity contribution < 1.29 is 13.5 Å². The summed E-state index contributed by atoms with van der Waals surface area (Å²) in [6.07, 6.45) is 1.56. The van der Waals surface area contributed by atoms with Crippen LogP contribution in [-0.4, -0.2) is 11.9 Å². The van der Waals surface area contributed by atoms with Crippen LogP contribution in [0.2, 0.25) is 0 Å². The number of hydrogen-bond acceptors (Lipinski definition) is 1. The highest BCUT2D eigenvalue weighted by atomic mass is 79.9. The van der Waals surface area contributed by atoms with Gasteiger partial charge in [-0.3, -0.25) is 0 Å². The third kappa shape index (κ3) is 4.26. The fraction of sp³-hybridized carbons (Fsp3) is 0.455. The molecule has 0 spiro atoms. The van der Waals surface area contributed by atoms with Crippen LogP contribution in [0.25, 0.3) is 0 Å². The van der Waals surface area contributed by atoms with Crippen molar-refractivity contribution >= 4 is 27.5 Å². The zero-order valence-corrected chi connectivity index (χ0v) is 10.9. The first-order valence-electron chi connectivity index (χ1n) is 4.86. The molecule has 1 rings (SSSR count). The van der Waals surface area contributed by atoms with E-state index < -0.39 is 6.61 Å². The third-order valence-electron chi connectivity index (χ3n) is 2.08. The van der Waals surface area contributed by atoms with Crippen LogP contribution in [0, 0.1) is 0 Å². The molecule has 0 atom stereocenters. The van der Waals surface area contributed by atoms with Crippen LogP contribution in [0.5, 0.6) is 5.75 Å². The van der Waals surface area contributed by atoms with Gasteiger partial charge >= 0.3 is 6.61 Å². The molecule has 1 aromatic carbocycles. The summed E-state index contributed by atoms with van der Waals surface area (Å²) in [5, 5.41) is 0.826. The Kier molecular flexibility index (Phi) is 6.06. The highest BCUT2D eigenvalue weighted by Crippen LogP contribution is 2.24. The molecule has 0 fully saturated rings. The van der Waals surface area contributed by atoms with E-state index in [9.17, 15) is 8.78 Å². The molecule has 0 saturated carbocycles. The van der Waals surface area contributed by atoms with Crippen molar-refractivity contribution in [1.82, 2.24) is 0 Å². The molecule has 16 heavy (non-hydrogen) atoms. The first-order valence-corrected chi connectivity index (χ1v) is 6.51.